The number of hydrogen-bond acceptors (Lipinski definition) is 4. The molecule has 0 spiro atoms. The van der Waals surface area contributed by atoms with Crippen molar-refractivity contribution < 1.29 is 18.7 Å². The molecule has 0 amide bonds. The maximum absolute atomic E-state index is 12.7. The zero-order valence-electron chi connectivity index (χ0n) is 9.75. The summed E-state index contributed by atoms with van der Waals surface area (Å²) >= 11 is 0.969. The summed E-state index contributed by atoms with van der Waals surface area (Å²) in [6, 6.07) is 0. The van der Waals surface area contributed by atoms with Gasteiger partial charge in [0.15, 0.2) is 0 Å². The third-order valence-corrected chi connectivity index (χ3v) is 3.18. The predicted molar refractivity (Wildman–Crippen MR) is 66.2 cm³/mol. The molecule has 0 radical (unpaired) electrons. The second-order valence-electron chi connectivity index (χ2n) is 3.65. The highest BCUT2D eigenvalue weighted by molar-refractivity contribution is 7.14. The summed E-state index contributed by atoms with van der Waals surface area (Å²) < 4.78 is 26.6. The molecule has 2 aromatic heterocycles. The van der Waals surface area contributed by atoms with Gasteiger partial charge in [0, 0.05) is 18.8 Å². The van der Waals surface area contributed by atoms with Crippen LogP contribution in [-0.2, 0) is 7.05 Å². The van der Waals surface area contributed by atoms with Gasteiger partial charge in [-0.1, -0.05) is 0 Å². The normalized spacial score (nSPS) is 11.6. The van der Waals surface area contributed by atoms with Crippen LogP contribution in [0.1, 0.15) is 32.4 Å². The number of aromatic nitrogens is 3. The second kappa shape index (κ2) is 5.27. The molecule has 0 unspecified atom stereocenters. The molecule has 1 N–H and O–H groups in total. The number of alkyl halides is 2. The first-order chi connectivity index (χ1) is 8.97. The molecule has 0 bridgehead atoms. The Balaban J connectivity index is 2.24. The Labute approximate surface area is 110 Å². The molecule has 2 rings (SSSR count). The topological polar surface area (TPSA) is 68.0 Å². The molecular weight excluding hydrogens is 276 g/mol. The largest absolute Gasteiger partial charge is 0.477 e. The van der Waals surface area contributed by atoms with Gasteiger partial charge in [0.1, 0.15) is 15.6 Å². The maximum atomic E-state index is 12.7. The number of aromatic carboxylic acids is 1. The summed E-state index contributed by atoms with van der Waals surface area (Å²) in [6.07, 6.45) is 2.96. The molecule has 2 heterocycles. The summed E-state index contributed by atoms with van der Waals surface area (Å²) in [7, 11) is 1.55. The fraction of sp³-hybridized carbons (Fsp3) is 0.182. The molecule has 0 saturated carbocycles. The van der Waals surface area contributed by atoms with Crippen LogP contribution in [-0.4, -0.2) is 25.8 Å². The van der Waals surface area contributed by atoms with Crippen LogP contribution in [0.3, 0.4) is 0 Å². The number of carboxylic acids is 1. The zero-order chi connectivity index (χ0) is 14.0. The van der Waals surface area contributed by atoms with Gasteiger partial charge in [0.05, 0.1) is 6.20 Å². The second-order valence-corrected chi connectivity index (χ2v) is 4.71. The van der Waals surface area contributed by atoms with Crippen LogP contribution in [0.15, 0.2) is 12.4 Å². The van der Waals surface area contributed by atoms with Crippen molar-refractivity contribution in [2.75, 3.05) is 0 Å². The average Bonchev–Trinajstić information content (AvgIpc) is 2.92. The van der Waals surface area contributed by atoms with E-state index >= 15 is 0 Å². The van der Waals surface area contributed by atoms with Crippen molar-refractivity contribution >= 4 is 29.5 Å². The summed E-state index contributed by atoms with van der Waals surface area (Å²) in [4.78, 5) is 14.6. The maximum Gasteiger partial charge on any atom is 0.347 e. The third-order valence-electron chi connectivity index (χ3n) is 2.23. The molecule has 0 saturated heterocycles. The molecule has 0 atom stereocenters. The molecule has 100 valence electrons. The van der Waals surface area contributed by atoms with Crippen LogP contribution in [0.25, 0.3) is 12.2 Å². The Hall–Kier alpha value is -2.09. The minimum atomic E-state index is -2.66. The first-order valence-corrected chi connectivity index (χ1v) is 5.98. The number of halogens is 2. The lowest BCUT2D eigenvalue weighted by molar-refractivity contribution is 0.0702. The Morgan fingerprint density at radius 1 is 1.53 bits per heavy atom. The van der Waals surface area contributed by atoms with Gasteiger partial charge in [0.2, 0.25) is 0 Å². The lowest BCUT2D eigenvalue weighted by atomic mass is 10.2. The number of carboxylic acid groups (broad SMARTS) is 1. The van der Waals surface area contributed by atoms with Crippen molar-refractivity contribution in [2.45, 2.75) is 6.43 Å². The van der Waals surface area contributed by atoms with E-state index in [2.05, 4.69) is 10.1 Å². The minimum Gasteiger partial charge on any atom is -0.477 e. The summed E-state index contributed by atoms with van der Waals surface area (Å²) in [5, 5.41) is 12.8. The van der Waals surface area contributed by atoms with E-state index in [1.165, 1.54) is 29.2 Å². The molecule has 0 fully saturated rings. The smallest absolute Gasteiger partial charge is 0.347 e. The number of aryl methyl sites for hydroxylation is 1. The van der Waals surface area contributed by atoms with E-state index < -0.39 is 12.4 Å². The van der Waals surface area contributed by atoms with E-state index in [4.69, 9.17) is 5.11 Å². The highest BCUT2D eigenvalue weighted by Gasteiger charge is 2.15. The number of nitrogens with zero attached hydrogens (tertiary/aromatic N) is 3. The number of hydrogen-bond donors (Lipinski definition) is 1. The molecule has 0 aliphatic heterocycles. The van der Waals surface area contributed by atoms with Crippen LogP contribution in [0.5, 0.6) is 0 Å². The Bertz CT molecular complexity index is 634. The molecule has 8 heteroatoms. The molecule has 0 aliphatic rings. The fourth-order valence-corrected chi connectivity index (χ4v) is 2.11. The summed E-state index contributed by atoms with van der Waals surface area (Å²) in [5.41, 5.74) is -0.0293. The molecule has 0 aromatic carbocycles. The number of carbonyl (C=O) groups is 1. The van der Waals surface area contributed by atoms with Gasteiger partial charge in [-0.25, -0.2) is 18.6 Å². The van der Waals surface area contributed by atoms with Crippen LogP contribution >= 0.6 is 11.3 Å². The Kier molecular flexibility index (Phi) is 3.70. The van der Waals surface area contributed by atoms with E-state index in [0.29, 0.717) is 5.01 Å². The quantitative estimate of drug-likeness (QED) is 0.937. The third kappa shape index (κ3) is 3.02. The van der Waals surface area contributed by atoms with E-state index in [1.54, 1.807) is 7.05 Å². The van der Waals surface area contributed by atoms with Gasteiger partial charge in [0.25, 0.3) is 6.43 Å². The van der Waals surface area contributed by atoms with Gasteiger partial charge in [-0.3, -0.25) is 4.68 Å². The molecule has 0 aliphatic carbocycles. The minimum absolute atomic E-state index is 0.0971. The van der Waals surface area contributed by atoms with E-state index in [1.807, 2.05) is 0 Å². The van der Waals surface area contributed by atoms with Crippen LogP contribution < -0.4 is 0 Å². The Morgan fingerprint density at radius 2 is 2.26 bits per heavy atom. The van der Waals surface area contributed by atoms with Crippen LogP contribution in [0.4, 0.5) is 8.78 Å². The standard InChI is InChI=1S/C11H9F2N3O2S/c1-16-5-6(9(15-16)10(12)13)2-3-8-14-4-7(19-8)11(17)18/h2-5,10H,1H3,(H,17,18)/b3-2+. The highest BCUT2D eigenvalue weighted by atomic mass is 32.1. The zero-order valence-corrected chi connectivity index (χ0v) is 10.6. The monoisotopic (exact) mass is 285 g/mol. The Morgan fingerprint density at radius 3 is 2.84 bits per heavy atom. The van der Waals surface area contributed by atoms with E-state index in [-0.39, 0.29) is 16.1 Å². The first-order valence-electron chi connectivity index (χ1n) is 5.16. The first kappa shape index (κ1) is 13.3. The van der Waals surface area contributed by atoms with E-state index in [0.717, 1.165) is 11.3 Å². The molecule has 5 nitrogen and oxygen atoms in total. The average molecular weight is 285 g/mol. The van der Waals surface area contributed by atoms with Crippen LogP contribution in [0, 0.1) is 0 Å². The molecular formula is C11H9F2N3O2S. The fourth-order valence-electron chi connectivity index (χ4n) is 1.45. The predicted octanol–water partition coefficient (Wildman–Crippen LogP) is 2.68. The lowest BCUT2D eigenvalue weighted by Crippen LogP contribution is -1.91. The van der Waals surface area contributed by atoms with Gasteiger partial charge in [-0.05, 0) is 12.2 Å². The number of thiazole rings is 1. The summed E-state index contributed by atoms with van der Waals surface area (Å²) in [5.74, 6) is -1.06. The van der Waals surface area contributed by atoms with Crippen molar-refractivity contribution in [3.8, 4) is 0 Å². The van der Waals surface area contributed by atoms with Gasteiger partial charge < -0.3 is 5.11 Å². The van der Waals surface area contributed by atoms with Gasteiger partial charge >= 0.3 is 5.97 Å². The van der Waals surface area contributed by atoms with Crippen LogP contribution in [0.2, 0.25) is 0 Å². The lowest BCUT2D eigenvalue weighted by Gasteiger charge is -1.93. The van der Waals surface area contributed by atoms with Gasteiger partial charge in [-0.15, -0.1) is 11.3 Å². The van der Waals surface area contributed by atoms with Crippen molar-refractivity contribution in [1.29, 1.82) is 0 Å². The highest BCUT2D eigenvalue weighted by Crippen LogP contribution is 2.23. The van der Waals surface area contributed by atoms with Crippen molar-refractivity contribution in [3.05, 3.63) is 33.5 Å². The SMILES string of the molecule is Cn1cc(/C=C/c2ncc(C(=O)O)s2)c(C(F)F)n1. The number of rotatable bonds is 4. The summed E-state index contributed by atoms with van der Waals surface area (Å²) in [6.45, 7) is 0. The van der Waals surface area contributed by atoms with Gasteiger partial charge in [-0.2, -0.15) is 5.10 Å². The molecule has 19 heavy (non-hydrogen) atoms. The molecule has 2 aromatic rings. The van der Waals surface area contributed by atoms with Crippen molar-refractivity contribution in [1.82, 2.24) is 14.8 Å². The van der Waals surface area contributed by atoms with Crippen molar-refractivity contribution in [2.24, 2.45) is 7.05 Å². The van der Waals surface area contributed by atoms with E-state index in [9.17, 15) is 13.6 Å². The van der Waals surface area contributed by atoms with Crippen molar-refractivity contribution in [3.63, 3.8) is 0 Å².